The van der Waals surface area contributed by atoms with Gasteiger partial charge in [0.05, 0.1) is 24.3 Å². The minimum absolute atomic E-state index is 0.0677. The number of aliphatic hydroxyl groups is 1. The van der Waals surface area contributed by atoms with E-state index in [1.807, 2.05) is 6.07 Å². The first-order valence-electron chi connectivity index (χ1n) is 8.60. The van der Waals surface area contributed by atoms with Gasteiger partial charge in [0, 0.05) is 22.5 Å². The quantitative estimate of drug-likeness (QED) is 0.629. The molecule has 2 unspecified atom stereocenters. The predicted molar refractivity (Wildman–Crippen MR) is 103 cm³/mol. The van der Waals surface area contributed by atoms with Crippen LogP contribution in [0.5, 0.6) is 5.75 Å². The van der Waals surface area contributed by atoms with E-state index in [2.05, 4.69) is 4.98 Å². The van der Waals surface area contributed by atoms with Crippen molar-refractivity contribution >= 4 is 22.5 Å². The Bertz CT molecular complexity index is 1080. The zero-order valence-electron chi connectivity index (χ0n) is 15.2. The molecule has 3 aromatic rings. The van der Waals surface area contributed by atoms with Crippen molar-refractivity contribution in [3.8, 4) is 11.8 Å². The molecule has 1 aromatic heterocycles. The molecule has 0 fully saturated rings. The molecule has 0 aliphatic carbocycles. The molecule has 0 bridgehead atoms. The first kappa shape index (κ1) is 20.9. The van der Waals surface area contributed by atoms with Crippen molar-refractivity contribution in [3.63, 3.8) is 0 Å². The Kier molecular flexibility index (Phi) is 5.96. The van der Waals surface area contributed by atoms with Crippen molar-refractivity contribution in [2.24, 2.45) is 0 Å². The van der Waals surface area contributed by atoms with E-state index in [0.717, 1.165) is 0 Å². The van der Waals surface area contributed by atoms with E-state index in [0.29, 0.717) is 27.8 Å². The molecule has 0 saturated heterocycles. The molecule has 0 aliphatic heterocycles. The Morgan fingerprint density at radius 2 is 1.97 bits per heavy atom. The second-order valence-electron chi connectivity index (χ2n) is 6.55. The molecule has 29 heavy (non-hydrogen) atoms. The first-order valence-corrected chi connectivity index (χ1v) is 8.97. The average molecular weight is 421 g/mol. The molecular formula is C21H16ClF3N2O2. The molecule has 0 amide bonds. The molecular weight excluding hydrogens is 405 g/mol. The summed E-state index contributed by atoms with van der Waals surface area (Å²) in [5.74, 6) is -0.942. The monoisotopic (exact) mass is 420 g/mol. The number of nitrogens with zero attached hydrogens (tertiary/aromatic N) is 2. The minimum atomic E-state index is -4.83. The third kappa shape index (κ3) is 4.61. The molecule has 2 atom stereocenters. The summed E-state index contributed by atoms with van der Waals surface area (Å²) in [6.07, 6.45) is -6.13. The number of methoxy groups -OCH3 is 1. The summed E-state index contributed by atoms with van der Waals surface area (Å²) in [6.45, 7) is 0. The zero-order valence-corrected chi connectivity index (χ0v) is 16.0. The number of ether oxygens (including phenoxy) is 1. The topological polar surface area (TPSA) is 66.1 Å². The van der Waals surface area contributed by atoms with Crippen LogP contribution in [0.2, 0.25) is 5.02 Å². The Hall–Kier alpha value is -2.82. The Balaban J connectivity index is 2.03. The van der Waals surface area contributed by atoms with Crippen LogP contribution in [-0.2, 0) is 6.42 Å². The summed E-state index contributed by atoms with van der Waals surface area (Å²) in [5, 5.41) is 19.8. The van der Waals surface area contributed by atoms with Gasteiger partial charge in [0.15, 0.2) is 6.10 Å². The summed E-state index contributed by atoms with van der Waals surface area (Å²) in [6, 6.07) is 12.9. The van der Waals surface area contributed by atoms with Crippen LogP contribution in [0, 0.1) is 11.3 Å². The van der Waals surface area contributed by atoms with Gasteiger partial charge < -0.3 is 9.84 Å². The number of alkyl halides is 3. The minimum Gasteiger partial charge on any atom is -0.497 e. The number of benzene rings is 2. The highest BCUT2D eigenvalue weighted by Gasteiger charge is 2.44. The summed E-state index contributed by atoms with van der Waals surface area (Å²) >= 11 is 6.19. The van der Waals surface area contributed by atoms with Crippen LogP contribution in [-0.4, -0.2) is 29.5 Å². The zero-order chi connectivity index (χ0) is 21.2. The Morgan fingerprint density at radius 3 is 2.59 bits per heavy atom. The lowest BCUT2D eigenvalue weighted by atomic mass is 9.87. The van der Waals surface area contributed by atoms with Crippen molar-refractivity contribution in [3.05, 3.63) is 70.4 Å². The smallest absolute Gasteiger partial charge is 0.414 e. The summed E-state index contributed by atoms with van der Waals surface area (Å²) < 4.78 is 45.1. The van der Waals surface area contributed by atoms with Crippen LogP contribution in [0.4, 0.5) is 13.2 Å². The Labute approximate surface area is 170 Å². The standard InChI is InChI=1S/C21H16ClF3N2O2/c1-29-15-3-4-16(18(22)9-15)17(20(28)21(23,24)25)8-13-7-14-6-12(10-26)2-5-19(14)27-11-13/h2-7,9,11,17,20,28H,8H2,1H3. The van der Waals surface area contributed by atoms with Crippen LogP contribution in [0.3, 0.4) is 0 Å². The van der Waals surface area contributed by atoms with Crippen LogP contribution >= 0.6 is 11.6 Å². The van der Waals surface area contributed by atoms with Crippen molar-refractivity contribution < 1.29 is 23.0 Å². The maximum Gasteiger partial charge on any atom is 0.414 e. The van der Waals surface area contributed by atoms with Gasteiger partial charge >= 0.3 is 6.18 Å². The van der Waals surface area contributed by atoms with Crippen molar-refractivity contribution in [1.82, 2.24) is 4.98 Å². The van der Waals surface area contributed by atoms with Gasteiger partial charge in [0.1, 0.15) is 5.75 Å². The molecule has 0 spiro atoms. The van der Waals surface area contributed by atoms with Crippen molar-refractivity contribution in [2.45, 2.75) is 24.6 Å². The van der Waals surface area contributed by atoms with Crippen LogP contribution in [0.15, 0.2) is 48.7 Å². The average Bonchev–Trinajstić information content (AvgIpc) is 2.70. The molecule has 0 aliphatic rings. The van der Waals surface area contributed by atoms with Crippen molar-refractivity contribution in [2.75, 3.05) is 7.11 Å². The van der Waals surface area contributed by atoms with E-state index < -0.39 is 18.2 Å². The fourth-order valence-corrected chi connectivity index (χ4v) is 3.48. The van der Waals surface area contributed by atoms with E-state index in [-0.39, 0.29) is 17.0 Å². The van der Waals surface area contributed by atoms with E-state index in [9.17, 15) is 18.3 Å². The maximum absolute atomic E-state index is 13.3. The van der Waals surface area contributed by atoms with Gasteiger partial charge in [-0.2, -0.15) is 18.4 Å². The Morgan fingerprint density at radius 1 is 1.21 bits per heavy atom. The number of pyridine rings is 1. The van der Waals surface area contributed by atoms with E-state index in [1.165, 1.54) is 31.5 Å². The number of aliphatic hydroxyl groups excluding tert-OH is 1. The highest BCUT2D eigenvalue weighted by molar-refractivity contribution is 6.31. The number of rotatable bonds is 5. The lowest BCUT2D eigenvalue weighted by Gasteiger charge is -2.26. The van der Waals surface area contributed by atoms with Gasteiger partial charge in [-0.15, -0.1) is 0 Å². The predicted octanol–water partition coefficient (Wildman–Crippen LogP) is 5.02. The van der Waals surface area contributed by atoms with Gasteiger partial charge in [-0.25, -0.2) is 0 Å². The number of fused-ring (bicyclic) bond motifs is 1. The van der Waals surface area contributed by atoms with Gasteiger partial charge in [0.2, 0.25) is 0 Å². The lowest BCUT2D eigenvalue weighted by Crippen LogP contribution is -2.35. The third-order valence-corrected chi connectivity index (χ3v) is 4.97. The molecule has 0 saturated carbocycles. The lowest BCUT2D eigenvalue weighted by molar-refractivity contribution is -0.210. The second-order valence-corrected chi connectivity index (χ2v) is 6.95. The fourth-order valence-electron chi connectivity index (χ4n) is 3.17. The van der Waals surface area contributed by atoms with Gasteiger partial charge in [-0.1, -0.05) is 17.7 Å². The highest BCUT2D eigenvalue weighted by Crippen LogP contribution is 2.38. The molecule has 0 radical (unpaired) electrons. The first-order chi connectivity index (χ1) is 13.7. The van der Waals surface area contributed by atoms with Crippen LogP contribution < -0.4 is 4.74 Å². The number of aromatic nitrogens is 1. The van der Waals surface area contributed by atoms with Crippen molar-refractivity contribution in [1.29, 1.82) is 5.26 Å². The number of nitriles is 1. The molecule has 1 heterocycles. The normalized spacial score (nSPS) is 13.7. The molecule has 3 rings (SSSR count). The van der Waals surface area contributed by atoms with Crippen LogP contribution in [0.25, 0.3) is 10.9 Å². The van der Waals surface area contributed by atoms with E-state index in [1.54, 1.807) is 24.3 Å². The van der Waals surface area contributed by atoms with E-state index in [4.69, 9.17) is 21.6 Å². The van der Waals surface area contributed by atoms with Gasteiger partial charge in [-0.3, -0.25) is 4.98 Å². The maximum atomic E-state index is 13.3. The fraction of sp³-hybridized carbons (Fsp3) is 0.238. The number of hydrogen-bond donors (Lipinski definition) is 1. The van der Waals surface area contributed by atoms with Gasteiger partial charge in [0.25, 0.3) is 0 Å². The molecule has 8 heteroatoms. The second kappa shape index (κ2) is 8.27. The molecule has 2 aromatic carbocycles. The summed E-state index contributed by atoms with van der Waals surface area (Å²) in [5.41, 5.74) is 1.67. The summed E-state index contributed by atoms with van der Waals surface area (Å²) in [7, 11) is 1.42. The molecule has 1 N–H and O–H groups in total. The highest BCUT2D eigenvalue weighted by atomic mass is 35.5. The van der Waals surface area contributed by atoms with Crippen LogP contribution in [0.1, 0.15) is 22.6 Å². The van der Waals surface area contributed by atoms with Gasteiger partial charge in [-0.05, 0) is 53.9 Å². The van der Waals surface area contributed by atoms with E-state index >= 15 is 0 Å². The SMILES string of the molecule is COc1ccc(C(Cc2cnc3ccc(C#N)cc3c2)C(O)C(F)(F)F)c(Cl)c1. The third-order valence-electron chi connectivity index (χ3n) is 4.65. The molecule has 150 valence electrons. The molecule has 4 nitrogen and oxygen atoms in total. The summed E-state index contributed by atoms with van der Waals surface area (Å²) in [4.78, 5) is 4.25. The number of hydrogen-bond acceptors (Lipinski definition) is 4. The largest absolute Gasteiger partial charge is 0.497 e. The number of halogens is 4.